The minimum absolute atomic E-state index is 0.165. The highest BCUT2D eigenvalue weighted by molar-refractivity contribution is 7.89. The molecule has 0 aliphatic carbocycles. The van der Waals surface area contributed by atoms with Crippen molar-refractivity contribution >= 4 is 10.0 Å². The molecule has 0 atom stereocenters. The molecule has 0 aliphatic heterocycles. The summed E-state index contributed by atoms with van der Waals surface area (Å²) in [5.74, 6) is 0.165. The molecule has 0 fully saturated rings. The van der Waals surface area contributed by atoms with Gasteiger partial charge in [-0.05, 0) is 37.9 Å². The van der Waals surface area contributed by atoms with Gasteiger partial charge in [-0.1, -0.05) is 19.9 Å². The van der Waals surface area contributed by atoms with E-state index in [0.29, 0.717) is 12.5 Å². The molecule has 1 heterocycles. The fourth-order valence-electron chi connectivity index (χ4n) is 1.76. The lowest BCUT2D eigenvalue weighted by atomic mass is 10.2. The summed E-state index contributed by atoms with van der Waals surface area (Å²) in [6.07, 6.45) is 3.20. The van der Waals surface area contributed by atoms with Gasteiger partial charge in [0.05, 0.1) is 18.0 Å². The molecule has 0 bridgehead atoms. The van der Waals surface area contributed by atoms with Crippen molar-refractivity contribution < 1.29 is 8.42 Å². The Bertz CT molecular complexity index is 501. The van der Waals surface area contributed by atoms with Crippen molar-refractivity contribution in [1.82, 2.24) is 15.0 Å². The average molecular weight is 299 g/mol. The lowest BCUT2D eigenvalue weighted by Gasteiger charge is -2.09. The van der Waals surface area contributed by atoms with E-state index in [-0.39, 0.29) is 12.3 Å². The highest BCUT2D eigenvalue weighted by atomic mass is 32.2. The molecule has 1 rings (SSSR count). The summed E-state index contributed by atoms with van der Waals surface area (Å²) in [6, 6.07) is 4.21. The number of pyridine rings is 1. The van der Waals surface area contributed by atoms with Gasteiger partial charge in [0.1, 0.15) is 0 Å². The average Bonchev–Trinajstić information content (AvgIpc) is 2.37. The second kappa shape index (κ2) is 8.34. The van der Waals surface area contributed by atoms with Crippen molar-refractivity contribution in [3.63, 3.8) is 0 Å². The molecule has 6 heteroatoms. The molecule has 5 nitrogen and oxygen atoms in total. The van der Waals surface area contributed by atoms with Crippen molar-refractivity contribution in [1.29, 1.82) is 0 Å². The van der Waals surface area contributed by atoms with Crippen LogP contribution in [0, 0.1) is 6.92 Å². The Balaban J connectivity index is 2.30. The topological polar surface area (TPSA) is 71.1 Å². The normalized spacial score (nSPS) is 12.0. The van der Waals surface area contributed by atoms with Crippen molar-refractivity contribution in [3.05, 3.63) is 29.6 Å². The summed E-state index contributed by atoms with van der Waals surface area (Å²) in [6.45, 7) is 7.20. The number of unbranched alkanes of at least 4 members (excludes halogenated alkanes) is 1. The van der Waals surface area contributed by atoms with E-state index in [9.17, 15) is 8.42 Å². The smallest absolute Gasteiger partial charge is 0.211 e. The fraction of sp³-hybridized carbons (Fsp3) is 0.643. The van der Waals surface area contributed by atoms with Gasteiger partial charge in [0.15, 0.2) is 0 Å². The number of aryl methyl sites for hydroxylation is 1. The van der Waals surface area contributed by atoms with Gasteiger partial charge in [-0.2, -0.15) is 0 Å². The molecular formula is C14H25N3O2S. The first-order valence-electron chi connectivity index (χ1n) is 7.02. The van der Waals surface area contributed by atoms with E-state index in [1.165, 1.54) is 0 Å². The quantitative estimate of drug-likeness (QED) is 0.679. The van der Waals surface area contributed by atoms with Gasteiger partial charge in [0.2, 0.25) is 10.0 Å². The third-order valence-electron chi connectivity index (χ3n) is 2.97. The summed E-state index contributed by atoms with van der Waals surface area (Å²) in [7, 11) is -3.22. The van der Waals surface area contributed by atoms with Gasteiger partial charge in [-0.25, -0.2) is 13.1 Å². The van der Waals surface area contributed by atoms with Gasteiger partial charge < -0.3 is 5.32 Å². The van der Waals surface area contributed by atoms with Crippen LogP contribution in [0.1, 0.15) is 37.9 Å². The summed E-state index contributed by atoms with van der Waals surface area (Å²) < 4.78 is 26.3. The molecule has 0 amide bonds. The van der Waals surface area contributed by atoms with Crippen molar-refractivity contribution in [2.24, 2.45) is 0 Å². The molecule has 2 N–H and O–H groups in total. The molecule has 0 spiro atoms. The van der Waals surface area contributed by atoms with Crippen molar-refractivity contribution in [3.8, 4) is 0 Å². The largest absolute Gasteiger partial charge is 0.315 e. The number of hydrogen-bond donors (Lipinski definition) is 2. The van der Waals surface area contributed by atoms with Crippen LogP contribution in [0.25, 0.3) is 0 Å². The number of nitrogens with zero attached hydrogens (tertiary/aromatic N) is 1. The summed E-state index contributed by atoms with van der Waals surface area (Å²) >= 11 is 0. The van der Waals surface area contributed by atoms with Crippen LogP contribution in [-0.4, -0.2) is 31.7 Å². The minimum atomic E-state index is -3.22. The molecule has 0 unspecified atom stereocenters. The van der Waals surface area contributed by atoms with Crippen LogP contribution in [0.15, 0.2) is 18.3 Å². The van der Waals surface area contributed by atoms with E-state index in [1.54, 1.807) is 6.20 Å². The third kappa shape index (κ3) is 6.98. The summed E-state index contributed by atoms with van der Waals surface area (Å²) in [4.78, 5) is 4.17. The van der Waals surface area contributed by atoms with E-state index in [1.807, 2.05) is 19.1 Å². The molecule has 114 valence electrons. The lowest BCUT2D eigenvalue weighted by Crippen LogP contribution is -2.28. The van der Waals surface area contributed by atoms with Crippen LogP contribution in [0.2, 0.25) is 0 Å². The highest BCUT2D eigenvalue weighted by Crippen LogP contribution is 2.03. The van der Waals surface area contributed by atoms with E-state index in [2.05, 4.69) is 28.9 Å². The maximum atomic E-state index is 11.9. The molecule has 0 aromatic carbocycles. The van der Waals surface area contributed by atoms with Gasteiger partial charge >= 0.3 is 0 Å². The Morgan fingerprint density at radius 1 is 1.30 bits per heavy atom. The molecule has 0 radical (unpaired) electrons. The Labute approximate surface area is 122 Å². The number of aromatic nitrogens is 1. The first-order valence-corrected chi connectivity index (χ1v) is 8.67. The SMILES string of the molecule is Cc1cccnc1CNS(=O)(=O)CCCCNC(C)C. The Morgan fingerprint density at radius 2 is 2.05 bits per heavy atom. The van der Waals surface area contributed by atoms with Gasteiger partial charge in [-0.15, -0.1) is 0 Å². The summed E-state index contributed by atoms with van der Waals surface area (Å²) in [5, 5.41) is 3.27. The number of nitrogens with one attached hydrogen (secondary N) is 2. The highest BCUT2D eigenvalue weighted by Gasteiger charge is 2.10. The fourth-order valence-corrected chi connectivity index (χ4v) is 2.85. The number of sulfonamides is 1. The van der Waals surface area contributed by atoms with Gasteiger partial charge in [0, 0.05) is 12.2 Å². The zero-order valence-electron chi connectivity index (χ0n) is 12.5. The molecule has 20 heavy (non-hydrogen) atoms. The maximum absolute atomic E-state index is 11.9. The van der Waals surface area contributed by atoms with Gasteiger partial charge in [-0.3, -0.25) is 4.98 Å². The third-order valence-corrected chi connectivity index (χ3v) is 4.38. The van der Waals surface area contributed by atoms with Crippen LogP contribution in [0.3, 0.4) is 0 Å². The number of rotatable bonds is 9. The Morgan fingerprint density at radius 3 is 2.70 bits per heavy atom. The van der Waals surface area contributed by atoms with E-state index in [0.717, 1.165) is 24.2 Å². The second-order valence-electron chi connectivity index (χ2n) is 5.22. The van der Waals surface area contributed by atoms with Crippen LogP contribution in [0.5, 0.6) is 0 Å². The van der Waals surface area contributed by atoms with Crippen molar-refractivity contribution in [2.45, 2.75) is 46.2 Å². The molecule has 0 saturated heterocycles. The molecule has 1 aromatic rings. The van der Waals surface area contributed by atoms with Crippen LogP contribution < -0.4 is 10.0 Å². The van der Waals surface area contributed by atoms with Crippen LogP contribution in [0.4, 0.5) is 0 Å². The number of hydrogen-bond acceptors (Lipinski definition) is 4. The van der Waals surface area contributed by atoms with E-state index in [4.69, 9.17) is 0 Å². The minimum Gasteiger partial charge on any atom is -0.315 e. The lowest BCUT2D eigenvalue weighted by molar-refractivity contribution is 0.555. The predicted octanol–water partition coefficient (Wildman–Crippen LogP) is 1.59. The molecule has 0 saturated carbocycles. The maximum Gasteiger partial charge on any atom is 0.211 e. The van der Waals surface area contributed by atoms with E-state index < -0.39 is 10.0 Å². The monoisotopic (exact) mass is 299 g/mol. The van der Waals surface area contributed by atoms with Crippen LogP contribution >= 0.6 is 0 Å². The summed E-state index contributed by atoms with van der Waals surface area (Å²) in [5.41, 5.74) is 1.77. The second-order valence-corrected chi connectivity index (χ2v) is 7.15. The standard InChI is InChI=1S/C14H25N3O2S/c1-12(2)15-8-4-5-10-20(18,19)17-11-14-13(3)7-6-9-16-14/h6-7,9,12,15,17H,4-5,8,10-11H2,1-3H3. The van der Waals surface area contributed by atoms with Crippen molar-refractivity contribution in [2.75, 3.05) is 12.3 Å². The first-order chi connectivity index (χ1) is 9.41. The molecular weight excluding hydrogens is 274 g/mol. The van der Waals surface area contributed by atoms with E-state index >= 15 is 0 Å². The van der Waals surface area contributed by atoms with Crippen LogP contribution in [-0.2, 0) is 16.6 Å². The zero-order valence-corrected chi connectivity index (χ0v) is 13.3. The van der Waals surface area contributed by atoms with Gasteiger partial charge in [0.25, 0.3) is 0 Å². The zero-order chi connectivity index (χ0) is 15.0. The molecule has 0 aliphatic rings. The first kappa shape index (κ1) is 17.1. The molecule has 1 aromatic heterocycles. The Hall–Kier alpha value is -0.980. The Kier molecular flexibility index (Phi) is 7.12. The predicted molar refractivity (Wildman–Crippen MR) is 82.0 cm³/mol.